The normalized spacial score (nSPS) is 13.0. The average molecular weight is 446 g/mol. The van der Waals surface area contributed by atoms with Gasteiger partial charge in [0.05, 0.1) is 7.11 Å². The molecule has 6 heteroatoms. The summed E-state index contributed by atoms with van der Waals surface area (Å²) in [5.74, 6) is 0.842. The third-order valence-electron chi connectivity index (χ3n) is 3.63. The van der Waals surface area contributed by atoms with Gasteiger partial charge >= 0.3 is 6.09 Å². The van der Waals surface area contributed by atoms with Crippen molar-refractivity contribution in [3.63, 3.8) is 0 Å². The van der Waals surface area contributed by atoms with Gasteiger partial charge < -0.3 is 19.7 Å². The number of carbonyl (C=O) groups excluding carboxylic acids is 1. The molecule has 0 radical (unpaired) electrons. The summed E-state index contributed by atoms with van der Waals surface area (Å²) in [4.78, 5) is 14.0. The Hall–Kier alpha value is -1.44. The number of nitrogens with zero attached hydrogens (tertiary/aromatic N) is 1. The van der Waals surface area contributed by atoms with Gasteiger partial charge in [-0.05, 0) is 39.3 Å². The zero-order chi connectivity index (χ0) is 17.0. The molecule has 0 unspecified atom stereocenters. The lowest BCUT2D eigenvalue weighted by atomic mass is 9.98. The molecule has 0 fully saturated rings. The number of anilines is 1. The number of methoxy groups -OCH3 is 1. The Morgan fingerprint density at radius 2 is 2.04 bits per heavy atom. The molecule has 1 aromatic rings. The first-order valence-corrected chi connectivity index (χ1v) is 7.86. The van der Waals surface area contributed by atoms with E-state index in [1.807, 2.05) is 26.8 Å². The average Bonchev–Trinajstić information content (AvgIpc) is 2.46. The van der Waals surface area contributed by atoms with Crippen LogP contribution >= 0.6 is 24.0 Å². The van der Waals surface area contributed by atoms with Gasteiger partial charge in [-0.2, -0.15) is 0 Å². The predicted molar refractivity (Wildman–Crippen MR) is 109 cm³/mol. The van der Waals surface area contributed by atoms with Gasteiger partial charge in [0.25, 0.3) is 0 Å². The Morgan fingerprint density at radius 3 is 2.67 bits per heavy atom. The van der Waals surface area contributed by atoms with Crippen LogP contribution in [0.25, 0.3) is 6.08 Å². The third kappa shape index (κ3) is 5.29. The minimum Gasteiger partial charge on any atom is -0.496 e. The highest BCUT2D eigenvalue weighted by Gasteiger charge is 2.18. The van der Waals surface area contributed by atoms with E-state index < -0.39 is 11.7 Å². The standard InChI is InChI=1S/C18H26N2O3.HI/c1-18(2,3)23-17(21)19-11-10-14-13-7-6-12-20(4)15(13)8-9-16(14)22-5;/h6-9H,10-12H2,1-5H3,(H,19,21);1H. The van der Waals surface area contributed by atoms with Gasteiger partial charge in [-0.25, -0.2) is 4.79 Å². The Labute approximate surface area is 161 Å². The Bertz CT molecular complexity index is 609. The predicted octanol–water partition coefficient (Wildman–Crippen LogP) is 3.84. The van der Waals surface area contributed by atoms with Crippen LogP contribution < -0.4 is 15.0 Å². The molecule has 1 aromatic carbocycles. The molecule has 0 spiro atoms. The lowest BCUT2D eigenvalue weighted by Crippen LogP contribution is -2.33. The molecule has 5 nitrogen and oxygen atoms in total. The topological polar surface area (TPSA) is 50.8 Å². The maximum Gasteiger partial charge on any atom is 0.407 e. The van der Waals surface area contributed by atoms with E-state index in [4.69, 9.17) is 9.47 Å². The quantitative estimate of drug-likeness (QED) is 0.715. The van der Waals surface area contributed by atoms with Gasteiger partial charge in [-0.1, -0.05) is 12.2 Å². The molecule has 0 aliphatic carbocycles. The summed E-state index contributed by atoms with van der Waals surface area (Å²) < 4.78 is 10.7. The summed E-state index contributed by atoms with van der Waals surface area (Å²) >= 11 is 0. The number of benzene rings is 1. The van der Waals surface area contributed by atoms with Crippen molar-refractivity contribution in [3.05, 3.63) is 29.3 Å². The maximum atomic E-state index is 11.8. The smallest absolute Gasteiger partial charge is 0.407 e. The van der Waals surface area contributed by atoms with Gasteiger partial charge in [-0.15, -0.1) is 24.0 Å². The highest BCUT2D eigenvalue weighted by Crippen LogP contribution is 2.34. The molecule has 2 rings (SSSR count). The summed E-state index contributed by atoms with van der Waals surface area (Å²) in [7, 11) is 3.74. The number of hydrogen-bond donors (Lipinski definition) is 1. The van der Waals surface area contributed by atoms with Crippen molar-refractivity contribution in [3.8, 4) is 5.75 Å². The minimum atomic E-state index is -0.487. The van der Waals surface area contributed by atoms with E-state index in [1.54, 1.807) is 7.11 Å². The van der Waals surface area contributed by atoms with Crippen LogP contribution in [0.2, 0.25) is 0 Å². The lowest BCUT2D eigenvalue weighted by molar-refractivity contribution is 0.0528. The van der Waals surface area contributed by atoms with Crippen molar-refractivity contribution >= 4 is 41.8 Å². The van der Waals surface area contributed by atoms with Gasteiger partial charge in [0.2, 0.25) is 0 Å². The van der Waals surface area contributed by atoms with Crippen LogP contribution in [0, 0.1) is 0 Å². The number of amides is 1. The zero-order valence-electron chi connectivity index (χ0n) is 15.0. The number of halogens is 1. The van der Waals surface area contributed by atoms with E-state index in [2.05, 4.69) is 35.5 Å². The molecule has 1 amide bonds. The van der Waals surface area contributed by atoms with Crippen molar-refractivity contribution < 1.29 is 14.3 Å². The molecule has 0 saturated heterocycles. The van der Waals surface area contributed by atoms with Crippen LogP contribution in [-0.2, 0) is 11.2 Å². The summed E-state index contributed by atoms with van der Waals surface area (Å²) in [6, 6.07) is 4.06. The number of fused-ring (bicyclic) bond motifs is 1. The highest BCUT2D eigenvalue weighted by molar-refractivity contribution is 14.0. The molecule has 1 aliphatic rings. The van der Waals surface area contributed by atoms with E-state index in [0.29, 0.717) is 13.0 Å². The Morgan fingerprint density at radius 1 is 1.33 bits per heavy atom. The monoisotopic (exact) mass is 446 g/mol. The van der Waals surface area contributed by atoms with E-state index in [9.17, 15) is 4.79 Å². The van der Waals surface area contributed by atoms with Gasteiger partial charge in [0, 0.05) is 37.0 Å². The molecule has 0 bridgehead atoms. The molecule has 1 N–H and O–H groups in total. The summed E-state index contributed by atoms with van der Waals surface area (Å²) in [5.41, 5.74) is 2.95. The number of carbonyl (C=O) groups is 1. The number of hydrogen-bond acceptors (Lipinski definition) is 4. The first kappa shape index (κ1) is 20.6. The maximum absolute atomic E-state index is 11.8. The third-order valence-corrected chi connectivity index (χ3v) is 3.63. The highest BCUT2D eigenvalue weighted by atomic mass is 127. The Balaban J connectivity index is 0.00000288. The fraction of sp³-hybridized carbons (Fsp3) is 0.500. The van der Waals surface area contributed by atoms with Gasteiger partial charge in [-0.3, -0.25) is 0 Å². The minimum absolute atomic E-state index is 0. The van der Waals surface area contributed by atoms with E-state index in [-0.39, 0.29) is 24.0 Å². The summed E-state index contributed by atoms with van der Waals surface area (Å²) in [6.45, 7) is 6.95. The fourth-order valence-electron chi connectivity index (χ4n) is 2.63. The second-order valence-electron chi connectivity index (χ2n) is 6.64. The van der Waals surface area contributed by atoms with Gasteiger partial charge in [0.1, 0.15) is 11.4 Å². The molecular weight excluding hydrogens is 419 g/mol. The van der Waals surface area contributed by atoms with Crippen LogP contribution in [0.15, 0.2) is 18.2 Å². The van der Waals surface area contributed by atoms with E-state index in [1.165, 1.54) is 5.69 Å². The second kappa shape index (κ2) is 8.60. The number of likely N-dealkylation sites (N-methyl/N-ethyl adjacent to an activating group) is 1. The SMILES string of the molecule is COc1ccc2c(c1CCNC(=O)OC(C)(C)C)C=CCN2C.I. The molecule has 1 heterocycles. The van der Waals surface area contributed by atoms with Crippen LogP contribution in [0.3, 0.4) is 0 Å². The molecule has 1 aliphatic heterocycles. The van der Waals surface area contributed by atoms with Crippen molar-refractivity contribution in [2.75, 3.05) is 32.1 Å². The van der Waals surface area contributed by atoms with Crippen LogP contribution in [0.5, 0.6) is 5.75 Å². The first-order valence-electron chi connectivity index (χ1n) is 7.86. The lowest BCUT2D eigenvalue weighted by Gasteiger charge is -2.26. The van der Waals surface area contributed by atoms with Crippen LogP contribution in [0.4, 0.5) is 10.5 Å². The molecule has 0 saturated carbocycles. The summed E-state index contributed by atoms with van der Waals surface area (Å²) in [5, 5.41) is 2.80. The first-order chi connectivity index (χ1) is 10.8. The number of rotatable bonds is 4. The molecule has 0 aromatic heterocycles. The van der Waals surface area contributed by atoms with E-state index in [0.717, 1.165) is 23.4 Å². The fourth-order valence-corrected chi connectivity index (χ4v) is 2.63. The van der Waals surface area contributed by atoms with Crippen molar-refractivity contribution in [2.24, 2.45) is 0 Å². The van der Waals surface area contributed by atoms with Crippen LogP contribution in [0.1, 0.15) is 31.9 Å². The number of ether oxygens (including phenoxy) is 2. The van der Waals surface area contributed by atoms with Crippen LogP contribution in [-0.4, -0.2) is 38.9 Å². The molecule has 24 heavy (non-hydrogen) atoms. The van der Waals surface area contributed by atoms with Crippen molar-refractivity contribution in [1.82, 2.24) is 5.32 Å². The van der Waals surface area contributed by atoms with Gasteiger partial charge in [0.15, 0.2) is 0 Å². The largest absolute Gasteiger partial charge is 0.496 e. The summed E-state index contributed by atoms with van der Waals surface area (Å²) in [6.07, 6.45) is 4.55. The van der Waals surface area contributed by atoms with Crippen molar-refractivity contribution in [2.45, 2.75) is 32.8 Å². The zero-order valence-corrected chi connectivity index (χ0v) is 17.3. The Kier molecular flexibility index (Phi) is 7.38. The van der Waals surface area contributed by atoms with Crippen molar-refractivity contribution in [1.29, 1.82) is 0 Å². The number of alkyl carbamates (subject to hydrolysis) is 1. The second-order valence-corrected chi connectivity index (χ2v) is 6.64. The molecule has 134 valence electrons. The molecule has 0 atom stereocenters. The van der Waals surface area contributed by atoms with E-state index >= 15 is 0 Å². The number of nitrogens with one attached hydrogen (secondary N) is 1. The molecular formula is C18H27IN2O3.